The molecule has 4 heterocycles. The SMILES string of the molecule is CCN1CCC([C@@H](C(=O)NC)c2ccc(Nc3ncc(F)c(-c4cc(F)c5nc(C)n(C(C)C)c5c4)n3)nc2)CC1. The van der Waals surface area contributed by atoms with Crippen LogP contribution in [0.25, 0.3) is 22.3 Å². The Morgan fingerprint density at radius 1 is 1.07 bits per heavy atom. The smallest absolute Gasteiger partial charge is 0.229 e. The summed E-state index contributed by atoms with van der Waals surface area (Å²) in [4.78, 5) is 32.5. The van der Waals surface area contributed by atoms with E-state index in [1.54, 1.807) is 25.4 Å². The topological polar surface area (TPSA) is 101 Å². The van der Waals surface area contributed by atoms with Gasteiger partial charge in [-0.15, -0.1) is 0 Å². The van der Waals surface area contributed by atoms with Crippen LogP contribution in [0.2, 0.25) is 0 Å². The van der Waals surface area contributed by atoms with Crippen LogP contribution in [0.3, 0.4) is 0 Å². The molecule has 9 nitrogen and oxygen atoms in total. The number of imidazole rings is 1. The number of nitrogens with one attached hydrogen (secondary N) is 2. The summed E-state index contributed by atoms with van der Waals surface area (Å²) in [5, 5.41) is 5.82. The van der Waals surface area contributed by atoms with Crippen LogP contribution in [0, 0.1) is 24.5 Å². The van der Waals surface area contributed by atoms with Gasteiger partial charge in [-0.05, 0) is 82.9 Å². The van der Waals surface area contributed by atoms with Crippen molar-refractivity contribution in [3.05, 3.63) is 59.7 Å². The molecule has 216 valence electrons. The van der Waals surface area contributed by atoms with Crippen LogP contribution < -0.4 is 10.6 Å². The highest BCUT2D eigenvalue weighted by molar-refractivity contribution is 5.84. The zero-order valence-electron chi connectivity index (χ0n) is 24.1. The summed E-state index contributed by atoms with van der Waals surface area (Å²) >= 11 is 0. The first-order chi connectivity index (χ1) is 19.7. The van der Waals surface area contributed by atoms with Gasteiger partial charge in [0.25, 0.3) is 0 Å². The first kappa shape index (κ1) is 28.5. The standard InChI is InChI=1S/C30H36F2N8O/c1-6-39-11-9-19(10-12-39)26(29(41)33-5)20-7-8-25(34-15-20)37-30-35-16-23(32)27(38-30)21-13-22(31)28-24(14-21)40(17(2)3)18(4)36-28/h7-8,13-17,19,26H,6,9-12H2,1-5H3,(H,33,41)(H,34,35,37,38)/t26-/m1/s1. The molecule has 1 aliphatic heterocycles. The van der Waals surface area contributed by atoms with Crippen LogP contribution in [-0.4, -0.2) is 62.0 Å². The number of amides is 1. The molecule has 5 rings (SSSR count). The van der Waals surface area contributed by atoms with Gasteiger partial charge >= 0.3 is 0 Å². The average Bonchev–Trinajstić information content (AvgIpc) is 3.32. The predicted molar refractivity (Wildman–Crippen MR) is 155 cm³/mol. The highest BCUT2D eigenvalue weighted by atomic mass is 19.1. The molecule has 11 heteroatoms. The number of likely N-dealkylation sites (N-methyl/N-ethyl adjacent to an activating group) is 1. The number of likely N-dealkylation sites (tertiary alicyclic amines) is 1. The quantitative estimate of drug-likeness (QED) is 0.298. The lowest BCUT2D eigenvalue weighted by atomic mass is 9.80. The summed E-state index contributed by atoms with van der Waals surface area (Å²) in [5.41, 5.74) is 1.90. The fourth-order valence-corrected chi connectivity index (χ4v) is 5.86. The molecular weight excluding hydrogens is 526 g/mol. The van der Waals surface area contributed by atoms with Gasteiger partial charge in [0.1, 0.15) is 22.9 Å². The minimum Gasteiger partial charge on any atom is -0.359 e. The maximum Gasteiger partial charge on any atom is 0.229 e. The number of anilines is 2. The predicted octanol–water partition coefficient (Wildman–Crippen LogP) is 5.36. The number of rotatable bonds is 8. The van der Waals surface area contributed by atoms with Crippen LogP contribution in [0.15, 0.2) is 36.7 Å². The highest BCUT2D eigenvalue weighted by Gasteiger charge is 2.32. The van der Waals surface area contributed by atoms with Gasteiger partial charge in [0, 0.05) is 24.8 Å². The van der Waals surface area contributed by atoms with Gasteiger partial charge in [-0.3, -0.25) is 4.79 Å². The summed E-state index contributed by atoms with van der Waals surface area (Å²) in [6, 6.07) is 6.62. The highest BCUT2D eigenvalue weighted by Crippen LogP contribution is 2.34. The summed E-state index contributed by atoms with van der Waals surface area (Å²) in [6.07, 6.45) is 4.64. The molecule has 3 aromatic heterocycles. The summed E-state index contributed by atoms with van der Waals surface area (Å²) in [6.45, 7) is 10.9. The lowest BCUT2D eigenvalue weighted by Crippen LogP contribution is -2.39. The van der Waals surface area contributed by atoms with Crippen LogP contribution >= 0.6 is 0 Å². The van der Waals surface area contributed by atoms with E-state index in [1.807, 2.05) is 31.4 Å². The van der Waals surface area contributed by atoms with E-state index in [2.05, 4.69) is 42.4 Å². The van der Waals surface area contributed by atoms with Crippen molar-refractivity contribution in [1.82, 2.24) is 34.7 Å². The molecule has 1 atom stereocenters. The first-order valence-electron chi connectivity index (χ1n) is 14.1. The number of benzene rings is 1. The normalized spacial score (nSPS) is 15.4. The summed E-state index contributed by atoms with van der Waals surface area (Å²) in [7, 11) is 1.66. The van der Waals surface area contributed by atoms with Gasteiger partial charge in [0.15, 0.2) is 11.6 Å². The third-order valence-electron chi connectivity index (χ3n) is 7.92. The average molecular weight is 563 g/mol. The van der Waals surface area contributed by atoms with Gasteiger partial charge in [-0.1, -0.05) is 13.0 Å². The fourth-order valence-electron chi connectivity index (χ4n) is 5.86. The van der Waals surface area contributed by atoms with Crippen LogP contribution in [0.5, 0.6) is 0 Å². The van der Waals surface area contributed by atoms with E-state index in [0.717, 1.165) is 44.2 Å². The first-order valence-corrected chi connectivity index (χ1v) is 14.1. The van der Waals surface area contributed by atoms with Crippen molar-refractivity contribution in [3.8, 4) is 11.3 Å². The Balaban J connectivity index is 1.40. The molecule has 1 fully saturated rings. The molecule has 2 N–H and O–H groups in total. The second-order valence-corrected chi connectivity index (χ2v) is 10.8. The molecule has 0 saturated carbocycles. The van der Waals surface area contributed by atoms with Gasteiger partial charge < -0.3 is 20.1 Å². The van der Waals surface area contributed by atoms with Crippen molar-refractivity contribution in [2.24, 2.45) is 5.92 Å². The van der Waals surface area contributed by atoms with Crippen LogP contribution in [0.4, 0.5) is 20.5 Å². The Bertz CT molecular complexity index is 1540. The number of nitrogens with zero attached hydrogens (tertiary/aromatic N) is 6. The summed E-state index contributed by atoms with van der Waals surface area (Å²) in [5.74, 6) is -0.0631. The number of hydrogen-bond acceptors (Lipinski definition) is 7. The molecule has 0 aliphatic carbocycles. The number of aryl methyl sites for hydroxylation is 1. The van der Waals surface area contributed by atoms with E-state index in [9.17, 15) is 9.18 Å². The fraction of sp³-hybridized carbons (Fsp3) is 0.433. The largest absolute Gasteiger partial charge is 0.359 e. The van der Waals surface area contributed by atoms with Crippen molar-refractivity contribution in [2.75, 3.05) is 32.0 Å². The number of fused-ring (bicyclic) bond motifs is 1. The van der Waals surface area contributed by atoms with E-state index >= 15 is 4.39 Å². The van der Waals surface area contributed by atoms with Crippen LogP contribution in [0.1, 0.15) is 57.0 Å². The Morgan fingerprint density at radius 2 is 1.83 bits per heavy atom. The maximum atomic E-state index is 15.0. The minimum atomic E-state index is -0.674. The Morgan fingerprint density at radius 3 is 2.46 bits per heavy atom. The van der Waals surface area contributed by atoms with Crippen molar-refractivity contribution in [3.63, 3.8) is 0 Å². The lowest BCUT2D eigenvalue weighted by molar-refractivity contribution is -0.123. The Kier molecular flexibility index (Phi) is 8.25. The molecular formula is C30H36F2N8O. The van der Waals surface area contributed by atoms with Crippen LogP contribution in [-0.2, 0) is 4.79 Å². The van der Waals surface area contributed by atoms with Crippen molar-refractivity contribution >= 4 is 28.7 Å². The van der Waals surface area contributed by atoms with Crippen molar-refractivity contribution < 1.29 is 13.6 Å². The van der Waals surface area contributed by atoms with Crippen molar-refractivity contribution in [1.29, 1.82) is 0 Å². The third kappa shape index (κ3) is 5.76. The molecule has 0 unspecified atom stereocenters. The summed E-state index contributed by atoms with van der Waals surface area (Å²) < 4.78 is 31.8. The molecule has 4 aromatic rings. The number of hydrogen-bond donors (Lipinski definition) is 2. The van der Waals surface area contributed by atoms with Gasteiger partial charge in [-0.25, -0.2) is 28.7 Å². The molecule has 41 heavy (non-hydrogen) atoms. The van der Waals surface area contributed by atoms with E-state index in [-0.39, 0.29) is 46.5 Å². The molecule has 0 bridgehead atoms. The van der Waals surface area contributed by atoms with Gasteiger partial charge in [-0.2, -0.15) is 0 Å². The third-order valence-corrected chi connectivity index (χ3v) is 7.92. The molecule has 0 radical (unpaired) electrons. The number of halogens is 2. The minimum absolute atomic E-state index is 0.0211. The molecule has 1 aromatic carbocycles. The van der Waals surface area contributed by atoms with E-state index in [1.165, 1.54) is 6.07 Å². The number of piperidine rings is 1. The Labute approximate surface area is 238 Å². The van der Waals surface area contributed by atoms with Crippen molar-refractivity contribution in [2.45, 2.75) is 52.5 Å². The monoisotopic (exact) mass is 562 g/mol. The number of pyridine rings is 1. The molecule has 1 saturated heterocycles. The van der Waals surface area contributed by atoms with Gasteiger partial charge in [0.05, 0.1) is 17.6 Å². The van der Waals surface area contributed by atoms with E-state index < -0.39 is 11.6 Å². The van der Waals surface area contributed by atoms with E-state index in [4.69, 9.17) is 0 Å². The second kappa shape index (κ2) is 11.9. The zero-order chi connectivity index (χ0) is 29.3. The number of carbonyl (C=O) groups is 1. The Hall–Kier alpha value is -3.99. The molecule has 1 amide bonds. The maximum absolute atomic E-state index is 15.0. The molecule has 1 aliphatic rings. The number of aromatic nitrogens is 5. The lowest BCUT2D eigenvalue weighted by Gasteiger charge is -2.35. The zero-order valence-corrected chi connectivity index (χ0v) is 24.1. The van der Waals surface area contributed by atoms with Gasteiger partial charge in [0.2, 0.25) is 11.9 Å². The van der Waals surface area contributed by atoms with E-state index in [0.29, 0.717) is 17.2 Å². The molecule has 0 spiro atoms. The number of carbonyl (C=O) groups excluding carboxylic acids is 1. The second-order valence-electron chi connectivity index (χ2n) is 10.8.